The lowest BCUT2D eigenvalue weighted by atomic mass is 9.78. The van der Waals surface area contributed by atoms with Crippen molar-refractivity contribution in [3.63, 3.8) is 0 Å². The number of methoxy groups -OCH3 is 1. The molecule has 1 aliphatic carbocycles. The van der Waals surface area contributed by atoms with Crippen LogP contribution in [0.1, 0.15) is 39.3 Å². The number of thiazole rings is 1. The highest BCUT2D eigenvalue weighted by Crippen LogP contribution is 2.37. The van der Waals surface area contributed by atoms with E-state index in [-0.39, 0.29) is 18.2 Å². The van der Waals surface area contributed by atoms with Gasteiger partial charge in [-0.1, -0.05) is 12.1 Å². The molecular formula is C16H19ClN2O2S. The summed E-state index contributed by atoms with van der Waals surface area (Å²) >= 11 is 1.48. The molecule has 0 spiro atoms. The summed E-state index contributed by atoms with van der Waals surface area (Å²) in [5.74, 6) is 0.843. The number of ether oxygens (including phenoxy) is 1. The quantitative estimate of drug-likeness (QED) is 0.873. The molecule has 0 aliphatic heterocycles. The second-order valence-corrected chi connectivity index (χ2v) is 6.59. The number of nitrogens with zero attached hydrogens (tertiary/aromatic N) is 1. The molecule has 0 saturated carbocycles. The summed E-state index contributed by atoms with van der Waals surface area (Å²) in [5.41, 5.74) is 8.34. The Labute approximate surface area is 140 Å². The summed E-state index contributed by atoms with van der Waals surface area (Å²) in [4.78, 5) is 17.0. The normalized spacial score (nSPS) is 20.0. The van der Waals surface area contributed by atoms with E-state index in [2.05, 4.69) is 4.98 Å². The van der Waals surface area contributed by atoms with Crippen molar-refractivity contribution in [3.05, 3.63) is 45.4 Å². The van der Waals surface area contributed by atoms with Crippen LogP contribution in [0.2, 0.25) is 0 Å². The number of rotatable bonds is 3. The molecule has 22 heavy (non-hydrogen) atoms. The molecule has 1 unspecified atom stereocenters. The van der Waals surface area contributed by atoms with Gasteiger partial charge in [0.05, 0.1) is 12.8 Å². The van der Waals surface area contributed by atoms with Gasteiger partial charge in [0.25, 0.3) is 0 Å². The van der Waals surface area contributed by atoms with Crippen LogP contribution in [0, 0.1) is 0 Å². The average molecular weight is 339 g/mol. The van der Waals surface area contributed by atoms with Gasteiger partial charge >= 0.3 is 0 Å². The first kappa shape index (κ1) is 16.9. The van der Waals surface area contributed by atoms with Crippen molar-refractivity contribution in [2.24, 2.45) is 5.73 Å². The molecule has 1 atom stereocenters. The predicted octanol–water partition coefficient (Wildman–Crippen LogP) is 3.12. The van der Waals surface area contributed by atoms with Gasteiger partial charge in [0.15, 0.2) is 10.8 Å². The zero-order valence-electron chi connectivity index (χ0n) is 12.6. The highest BCUT2D eigenvalue weighted by molar-refractivity contribution is 7.13. The van der Waals surface area contributed by atoms with Crippen molar-refractivity contribution in [1.29, 1.82) is 0 Å². The number of carbonyl (C=O) groups is 1. The van der Waals surface area contributed by atoms with Gasteiger partial charge in [-0.2, -0.15) is 0 Å². The van der Waals surface area contributed by atoms with Gasteiger partial charge in [0.2, 0.25) is 0 Å². The van der Waals surface area contributed by atoms with Crippen molar-refractivity contribution in [2.45, 2.75) is 31.7 Å². The molecule has 118 valence electrons. The number of halogens is 1. The lowest BCUT2D eigenvalue weighted by Gasteiger charge is -2.33. The molecule has 3 rings (SSSR count). The Balaban J connectivity index is 0.00000176. The van der Waals surface area contributed by atoms with Crippen LogP contribution in [-0.4, -0.2) is 17.9 Å². The molecule has 2 N–H and O–H groups in total. The minimum Gasteiger partial charge on any atom is -0.497 e. The molecular weight excluding hydrogens is 320 g/mol. The van der Waals surface area contributed by atoms with Crippen LogP contribution in [0.3, 0.4) is 0 Å². The number of hydrogen-bond donors (Lipinski definition) is 1. The number of Topliss-reactive ketones (excluding diaryl/α,β-unsaturated/α-hetero) is 1. The minimum atomic E-state index is -0.415. The summed E-state index contributed by atoms with van der Waals surface area (Å²) in [7, 11) is 1.66. The number of nitrogens with two attached hydrogens (primary N) is 1. The standard InChI is InChI=1S/C16H18N2O2S.ClH/c1-10(19)15-18-13-6-7-16(17,9-14(13)21-15)11-4-3-5-12(8-11)20-2;/h3-5,8H,6-7,9,17H2,1-2H3;1H. The van der Waals surface area contributed by atoms with Crippen molar-refractivity contribution in [2.75, 3.05) is 7.11 Å². The van der Waals surface area contributed by atoms with Gasteiger partial charge in [-0.05, 0) is 30.5 Å². The van der Waals surface area contributed by atoms with Crippen molar-refractivity contribution < 1.29 is 9.53 Å². The van der Waals surface area contributed by atoms with E-state index >= 15 is 0 Å². The van der Waals surface area contributed by atoms with Gasteiger partial charge in [0.1, 0.15) is 5.75 Å². The lowest BCUT2D eigenvalue weighted by molar-refractivity contribution is 0.101. The molecule has 1 heterocycles. The molecule has 0 saturated heterocycles. The third-order valence-electron chi connectivity index (χ3n) is 4.01. The summed E-state index contributed by atoms with van der Waals surface area (Å²) in [6.45, 7) is 1.56. The summed E-state index contributed by atoms with van der Waals surface area (Å²) in [6, 6.07) is 7.92. The second kappa shape index (κ2) is 6.36. The maximum absolute atomic E-state index is 11.5. The van der Waals surface area contributed by atoms with Crippen LogP contribution in [0.5, 0.6) is 5.75 Å². The van der Waals surface area contributed by atoms with Crippen LogP contribution < -0.4 is 10.5 Å². The molecule has 2 aromatic rings. The predicted molar refractivity (Wildman–Crippen MR) is 90.3 cm³/mol. The molecule has 0 radical (unpaired) electrons. The van der Waals surface area contributed by atoms with E-state index in [4.69, 9.17) is 10.5 Å². The van der Waals surface area contributed by atoms with Gasteiger partial charge in [-0.15, -0.1) is 23.7 Å². The number of fused-ring (bicyclic) bond motifs is 1. The van der Waals surface area contributed by atoms with Crippen LogP contribution in [0.4, 0.5) is 0 Å². The molecule has 1 aromatic carbocycles. The molecule has 4 nitrogen and oxygen atoms in total. The largest absolute Gasteiger partial charge is 0.497 e. The number of aryl methyl sites for hydroxylation is 1. The third kappa shape index (κ3) is 3.02. The molecule has 1 aromatic heterocycles. The Morgan fingerprint density at radius 1 is 1.45 bits per heavy atom. The Morgan fingerprint density at radius 2 is 2.23 bits per heavy atom. The molecule has 6 heteroatoms. The van der Waals surface area contributed by atoms with Crippen LogP contribution in [0.25, 0.3) is 0 Å². The summed E-state index contributed by atoms with van der Waals surface area (Å²) in [6.07, 6.45) is 2.36. The summed E-state index contributed by atoms with van der Waals surface area (Å²) < 4.78 is 5.29. The fourth-order valence-corrected chi connectivity index (χ4v) is 3.89. The van der Waals surface area contributed by atoms with E-state index in [0.29, 0.717) is 5.01 Å². The topological polar surface area (TPSA) is 65.2 Å². The van der Waals surface area contributed by atoms with E-state index in [1.807, 2.05) is 24.3 Å². The molecule has 1 aliphatic rings. The summed E-state index contributed by atoms with van der Waals surface area (Å²) in [5, 5.41) is 0.592. The number of benzene rings is 1. The van der Waals surface area contributed by atoms with Crippen LogP contribution in [-0.2, 0) is 18.4 Å². The number of hydrogen-bond acceptors (Lipinski definition) is 5. The molecule has 0 amide bonds. The Morgan fingerprint density at radius 3 is 2.91 bits per heavy atom. The zero-order chi connectivity index (χ0) is 15.0. The number of carbonyl (C=O) groups excluding carboxylic acids is 1. The third-order valence-corrected chi connectivity index (χ3v) is 5.21. The molecule has 0 bridgehead atoms. The average Bonchev–Trinajstić information content (AvgIpc) is 2.90. The van der Waals surface area contributed by atoms with E-state index in [1.54, 1.807) is 14.0 Å². The maximum Gasteiger partial charge on any atom is 0.188 e. The van der Waals surface area contributed by atoms with Crippen molar-refractivity contribution in [3.8, 4) is 5.75 Å². The van der Waals surface area contributed by atoms with Gasteiger partial charge < -0.3 is 10.5 Å². The van der Waals surface area contributed by atoms with Gasteiger partial charge in [-0.3, -0.25) is 4.79 Å². The van der Waals surface area contributed by atoms with E-state index < -0.39 is 5.54 Å². The minimum absolute atomic E-state index is 0. The number of ketones is 1. The molecule has 0 fully saturated rings. The Bertz CT molecular complexity index is 701. The van der Waals surface area contributed by atoms with E-state index in [1.165, 1.54) is 11.3 Å². The smallest absolute Gasteiger partial charge is 0.188 e. The first-order valence-electron chi connectivity index (χ1n) is 6.95. The van der Waals surface area contributed by atoms with Gasteiger partial charge in [0, 0.05) is 23.8 Å². The van der Waals surface area contributed by atoms with Crippen LogP contribution >= 0.6 is 23.7 Å². The fourth-order valence-electron chi connectivity index (χ4n) is 2.76. The Hall–Kier alpha value is -1.43. The van der Waals surface area contributed by atoms with Crippen molar-refractivity contribution in [1.82, 2.24) is 4.98 Å². The number of aromatic nitrogens is 1. The highest BCUT2D eigenvalue weighted by Gasteiger charge is 2.34. The highest BCUT2D eigenvalue weighted by atomic mass is 35.5. The van der Waals surface area contributed by atoms with E-state index in [9.17, 15) is 4.79 Å². The lowest BCUT2D eigenvalue weighted by Crippen LogP contribution is -2.41. The first-order chi connectivity index (χ1) is 10.0. The monoisotopic (exact) mass is 338 g/mol. The first-order valence-corrected chi connectivity index (χ1v) is 7.76. The zero-order valence-corrected chi connectivity index (χ0v) is 14.2. The maximum atomic E-state index is 11.5. The second-order valence-electron chi connectivity index (χ2n) is 5.51. The van der Waals surface area contributed by atoms with Crippen LogP contribution in [0.15, 0.2) is 24.3 Å². The van der Waals surface area contributed by atoms with E-state index in [0.717, 1.165) is 41.1 Å². The Kier molecular flexibility index (Phi) is 4.90. The van der Waals surface area contributed by atoms with Gasteiger partial charge in [-0.25, -0.2) is 4.98 Å². The van der Waals surface area contributed by atoms with Crippen molar-refractivity contribution >= 4 is 29.5 Å². The SMILES string of the molecule is COc1cccc(C2(N)CCc3nc(C(C)=O)sc3C2)c1.Cl. The fraction of sp³-hybridized carbons (Fsp3) is 0.375.